The summed E-state index contributed by atoms with van der Waals surface area (Å²) in [6.45, 7) is 6.71. The zero-order valence-electron chi connectivity index (χ0n) is 18.1. The van der Waals surface area contributed by atoms with Crippen LogP contribution in [0.1, 0.15) is 44.1 Å². The van der Waals surface area contributed by atoms with E-state index in [0.717, 1.165) is 31.1 Å². The SMILES string of the molecule is CC(C)(C)OC(=O)N[C@H]1CCCN(c2ccncc2NC(=O)c2nc(Br)c(F)cc2N)C1. The predicted octanol–water partition coefficient (Wildman–Crippen LogP) is 3.71. The molecule has 3 heterocycles. The van der Waals surface area contributed by atoms with Crippen molar-refractivity contribution in [1.82, 2.24) is 15.3 Å². The molecule has 0 aliphatic carbocycles. The summed E-state index contributed by atoms with van der Waals surface area (Å²) in [5, 5.41) is 5.66. The molecule has 0 radical (unpaired) electrons. The van der Waals surface area contributed by atoms with Gasteiger partial charge in [0.25, 0.3) is 5.91 Å². The van der Waals surface area contributed by atoms with Crippen molar-refractivity contribution in [2.75, 3.05) is 29.0 Å². The van der Waals surface area contributed by atoms with Crippen molar-refractivity contribution in [1.29, 1.82) is 0 Å². The Morgan fingerprint density at radius 1 is 1.38 bits per heavy atom. The topological polar surface area (TPSA) is 122 Å². The van der Waals surface area contributed by atoms with Crippen LogP contribution in [0.5, 0.6) is 0 Å². The summed E-state index contributed by atoms with van der Waals surface area (Å²) in [7, 11) is 0. The zero-order chi connectivity index (χ0) is 23.5. The molecule has 4 N–H and O–H groups in total. The summed E-state index contributed by atoms with van der Waals surface area (Å²) in [5.74, 6) is -1.24. The second-order valence-corrected chi connectivity index (χ2v) is 9.23. The lowest BCUT2D eigenvalue weighted by Crippen LogP contribution is -2.49. The summed E-state index contributed by atoms with van der Waals surface area (Å²) in [5.41, 5.74) is 6.21. The van der Waals surface area contributed by atoms with E-state index in [0.29, 0.717) is 12.2 Å². The number of piperidine rings is 1. The van der Waals surface area contributed by atoms with Gasteiger partial charge in [0.1, 0.15) is 10.2 Å². The number of nitrogens with two attached hydrogens (primary N) is 1. The first-order valence-corrected chi connectivity index (χ1v) is 10.9. The number of alkyl carbamates (subject to hydrolysis) is 1. The third kappa shape index (κ3) is 6.06. The van der Waals surface area contributed by atoms with Crippen molar-refractivity contribution >= 4 is 45.0 Å². The maximum atomic E-state index is 13.6. The van der Waals surface area contributed by atoms with E-state index in [1.54, 1.807) is 12.3 Å². The quantitative estimate of drug-likeness (QED) is 0.537. The third-order valence-corrected chi connectivity index (χ3v) is 5.26. The third-order valence-electron chi connectivity index (χ3n) is 4.71. The number of hydrogen-bond donors (Lipinski definition) is 3. The minimum absolute atomic E-state index is 0.0757. The molecule has 1 aliphatic heterocycles. The number of amides is 2. The molecule has 2 amide bonds. The van der Waals surface area contributed by atoms with Gasteiger partial charge in [-0.15, -0.1) is 0 Å². The Bertz CT molecular complexity index is 1010. The van der Waals surface area contributed by atoms with Crippen LogP contribution in [0, 0.1) is 5.82 Å². The van der Waals surface area contributed by atoms with Gasteiger partial charge in [-0.25, -0.2) is 14.2 Å². The van der Waals surface area contributed by atoms with Gasteiger partial charge in [0, 0.05) is 31.4 Å². The van der Waals surface area contributed by atoms with Crippen LogP contribution in [0.15, 0.2) is 29.1 Å². The number of rotatable bonds is 4. The highest BCUT2D eigenvalue weighted by Gasteiger charge is 2.26. The smallest absolute Gasteiger partial charge is 0.407 e. The number of nitrogens with one attached hydrogen (secondary N) is 2. The van der Waals surface area contributed by atoms with Gasteiger partial charge in [0.2, 0.25) is 0 Å². The van der Waals surface area contributed by atoms with E-state index >= 15 is 0 Å². The molecule has 1 saturated heterocycles. The average Bonchev–Trinajstić information content (AvgIpc) is 2.69. The summed E-state index contributed by atoms with van der Waals surface area (Å²) in [6, 6.07) is 2.71. The molecule has 32 heavy (non-hydrogen) atoms. The van der Waals surface area contributed by atoms with Crippen LogP contribution in [0.2, 0.25) is 0 Å². The number of hydrogen-bond acceptors (Lipinski definition) is 7. The lowest BCUT2D eigenvalue weighted by Gasteiger charge is -2.35. The van der Waals surface area contributed by atoms with E-state index in [4.69, 9.17) is 10.5 Å². The number of ether oxygens (including phenoxy) is 1. The average molecular weight is 509 g/mol. The maximum absolute atomic E-state index is 13.6. The molecule has 0 spiro atoms. The van der Waals surface area contributed by atoms with Gasteiger partial charge in [-0.1, -0.05) is 0 Å². The second-order valence-electron chi connectivity index (χ2n) is 8.48. The number of carbonyl (C=O) groups is 2. The molecular formula is C21H26BrFN6O3. The van der Waals surface area contributed by atoms with Gasteiger partial charge in [-0.2, -0.15) is 0 Å². The number of aromatic nitrogens is 2. The summed E-state index contributed by atoms with van der Waals surface area (Å²) in [4.78, 5) is 35.0. The van der Waals surface area contributed by atoms with Gasteiger partial charge in [-0.3, -0.25) is 9.78 Å². The zero-order valence-corrected chi connectivity index (χ0v) is 19.7. The van der Waals surface area contributed by atoms with Crippen LogP contribution < -0.4 is 21.3 Å². The molecule has 3 rings (SSSR count). The fourth-order valence-corrected chi connectivity index (χ4v) is 3.68. The van der Waals surface area contributed by atoms with Gasteiger partial charge in [-0.05, 0) is 55.6 Å². The molecule has 0 aromatic carbocycles. The van der Waals surface area contributed by atoms with Crippen LogP contribution in [0.25, 0.3) is 0 Å². The van der Waals surface area contributed by atoms with Gasteiger partial charge >= 0.3 is 6.09 Å². The fraction of sp³-hybridized carbons (Fsp3) is 0.429. The van der Waals surface area contributed by atoms with E-state index in [1.165, 1.54) is 6.20 Å². The first-order valence-electron chi connectivity index (χ1n) is 10.1. The minimum Gasteiger partial charge on any atom is -0.444 e. The first kappa shape index (κ1) is 23.7. The standard InChI is InChI=1S/C21H26BrFN6O3/c1-21(2,3)32-20(31)26-12-5-4-8-29(11-12)16-6-7-25-10-15(16)27-19(30)17-14(24)9-13(23)18(22)28-17/h6-7,9-10,12H,4-5,8,11,24H2,1-3H3,(H,26,31)(H,27,30)/t12-/m0/s1. The number of nitrogen functional groups attached to an aromatic ring is 1. The molecule has 172 valence electrons. The Balaban J connectivity index is 1.74. The van der Waals surface area contributed by atoms with Crippen LogP contribution in [-0.2, 0) is 4.74 Å². The van der Waals surface area contributed by atoms with E-state index in [1.807, 2.05) is 20.8 Å². The van der Waals surface area contributed by atoms with Crippen molar-refractivity contribution in [2.24, 2.45) is 0 Å². The number of carbonyl (C=O) groups excluding carboxylic acids is 2. The van der Waals surface area contributed by atoms with Gasteiger partial charge < -0.3 is 26.0 Å². The second kappa shape index (κ2) is 9.68. The molecule has 0 unspecified atom stereocenters. The molecule has 2 aromatic rings. The highest BCUT2D eigenvalue weighted by Crippen LogP contribution is 2.29. The Kier molecular flexibility index (Phi) is 7.17. The maximum Gasteiger partial charge on any atom is 0.407 e. The summed E-state index contributed by atoms with van der Waals surface area (Å²) < 4.78 is 18.8. The molecule has 11 heteroatoms. The van der Waals surface area contributed by atoms with Crippen LogP contribution in [0.3, 0.4) is 0 Å². The van der Waals surface area contributed by atoms with Crippen molar-refractivity contribution in [3.63, 3.8) is 0 Å². The number of pyridine rings is 2. The van der Waals surface area contributed by atoms with Crippen molar-refractivity contribution in [2.45, 2.75) is 45.3 Å². The molecule has 0 saturated carbocycles. The molecule has 1 aliphatic rings. The molecular weight excluding hydrogens is 483 g/mol. The molecule has 1 atom stereocenters. The Morgan fingerprint density at radius 3 is 2.84 bits per heavy atom. The number of nitrogens with zero attached hydrogens (tertiary/aromatic N) is 3. The lowest BCUT2D eigenvalue weighted by atomic mass is 10.0. The minimum atomic E-state index is -0.655. The Labute approximate surface area is 194 Å². The molecule has 9 nitrogen and oxygen atoms in total. The van der Waals surface area contributed by atoms with E-state index < -0.39 is 23.4 Å². The predicted molar refractivity (Wildman–Crippen MR) is 123 cm³/mol. The van der Waals surface area contributed by atoms with Crippen LogP contribution >= 0.6 is 15.9 Å². The van der Waals surface area contributed by atoms with Gasteiger partial charge in [0.05, 0.1) is 23.3 Å². The lowest BCUT2D eigenvalue weighted by molar-refractivity contribution is 0.0500. The van der Waals surface area contributed by atoms with Crippen LogP contribution in [0.4, 0.5) is 26.2 Å². The van der Waals surface area contributed by atoms with E-state index in [-0.39, 0.29) is 22.0 Å². The monoisotopic (exact) mass is 508 g/mol. The Hall–Kier alpha value is -2.95. The van der Waals surface area contributed by atoms with E-state index in [9.17, 15) is 14.0 Å². The normalized spacial score (nSPS) is 16.4. The van der Waals surface area contributed by atoms with Crippen LogP contribution in [-0.4, -0.2) is 46.7 Å². The molecule has 2 aromatic heterocycles. The first-order chi connectivity index (χ1) is 15.0. The van der Waals surface area contributed by atoms with E-state index in [2.05, 4.69) is 41.4 Å². The summed E-state index contributed by atoms with van der Waals surface area (Å²) in [6.07, 6.45) is 4.34. The van der Waals surface area contributed by atoms with Crippen molar-refractivity contribution in [3.8, 4) is 0 Å². The van der Waals surface area contributed by atoms with Crippen molar-refractivity contribution in [3.05, 3.63) is 40.6 Å². The largest absolute Gasteiger partial charge is 0.444 e. The highest BCUT2D eigenvalue weighted by atomic mass is 79.9. The number of anilines is 3. The summed E-state index contributed by atoms with van der Waals surface area (Å²) >= 11 is 2.97. The molecule has 0 bridgehead atoms. The molecule has 1 fully saturated rings. The van der Waals surface area contributed by atoms with Crippen molar-refractivity contribution < 1.29 is 18.7 Å². The number of halogens is 2. The highest BCUT2D eigenvalue weighted by molar-refractivity contribution is 9.10. The fourth-order valence-electron chi connectivity index (χ4n) is 3.39. The van der Waals surface area contributed by atoms with Gasteiger partial charge in [0.15, 0.2) is 11.5 Å². The Morgan fingerprint density at radius 2 is 2.12 bits per heavy atom.